The van der Waals surface area contributed by atoms with Crippen LogP contribution in [0.1, 0.15) is 30.9 Å². The second-order valence-electron chi connectivity index (χ2n) is 10.2. The summed E-state index contributed by atoms with van der Waals surface area (Å²) in [5, 5.41) is 0.666. The molecule has 2 saturated heterocycles. The molecule has 0 N–H and O–H groups in total. The van der Waals surface area contributed by atoms with E-state index in [4.69, 9.17) is 18.9 Å². The molecule has 1 aliphatic carbocycles. The number of rotatable bonds is 7. The Balaban J connectivity index is 1.18. The standard InChI is InChI=1S/C29H29FN2O5/c1-18-11-19-3-4-24(28(30)20(19)12-18)37-23-5-8-31-22-14-26(25(34-2)13-21(22)23)36-10-6-27(33)32-9-7-29(15-32)16-35-17-29/h3-5,8,12-14H,6-7,9-11,15-17H2,1-2H3. The second-order valence-corrected chi connectivity index (χ2v) is 10.2. The summed E-state index contributed by atoms with van der Waals surface area (Å²) in [7, 11) is 1.55. The number of carbonyl (C=O) groups is 1. The molecule has 3 aromatic rings. The summed E-state index contributed by atoms with van der Waals surface area (Å²) in [6, 6.07) is 8.79. The van der Waals surface area contributed by atoms with Crippen LogP contribution < -0.4 is 14.2 Å². The highest BCUT2D eigenvalue weighted by molar-refractivity contribution is 5.88. The maximum Gasteiger partial charge on any atom is 0.226 e. The minimum absolute atomic E-state index is 0.0822. The van der Waals surface area contributed by atoms with Gasteiger partial charge in [-0.15, -0.1) is 0 Å². The summed E-state index contributed by atoms with van der Waals surface area (Å²) < 4.78 is 38.0. The number of hydrogen-bond donors (Lipinski definition) is 0. The molecule has 8 heteroatoms. The van der Waals surface area contributed by atoms with Gasteiger partial charge in [0.25, 0.3) is 0 Å². The number of methoxy groups -OCH3 is 1. The van der Waals surface area contributed by atoms with E-state index in [1.165, 1.54) is 0 Å². The molecule has 0 bridgehead atoms. The van der Waals surface area contributed by atoms with Gasteiger partial charge in [0.1, 0.15) is 5.75 Å². The lowest BCUT2D eigenvalue weighted by Crippen LogP contribution is -2.45. The molecule has 6 rings (SSSR count). The molecule has 0 radical (unpaired) electrons. The number of aromatic nitrogens is 1. The molecule has 7 nitrogen and oxygen atoms in total. The lowest BCUT2D eigenvalue weighted by atomic mass is 9.85. The minimum atomic E-state index is -0.371. The van der Waals surface area contributed by atoms with Crippen molar-refractivity contribution in [3.05, 3.63) is 59.0 Å². The predicted molar refractivity (Wildman–Crippen MR) is 137 cm³/mol. The molecular formula is C29H29FN2O5. The van der Waals surface area contributed by atoms with Crippen molar-refractivity contribution in [2.24, 2.45) is 5.41 Å². The van der Waals surface area contributed by atoms with Crippen LogP contribution in [-0.4, -0.2) is 55.8 Å². The summed E-state index contributed by atoms with van der Waals surface area (Å²) in [6.45, 7) is 5.24. The van der Waals surface area contributed by atoms with Crippen LogP contribution in [0.4, 0.5) is 4.39 Å². The fourth-order valence-electron chi connectivity index (χ4n) is 5.39. The third-order valence-electron chi connectivity index (χ3n) is 7.48. The zero-order valence-corrected chi connectivity index (χ0v) is 21.0. The van der Waals surface area contributed by atoms with Crippen LogP contribution in [0.25, 0.3) is 17.0 Å². The molecule has 0 saturated carbocycles. The Bertz CT molecular complexity index is 1420. The first-order valence-electron chi connectivity index (χ1n) is 12.6. The van der Waals surface area contributed by atoms with Gasteiger partial charge in [0.05, 0.1) is 38.9 Å². The van der Waals surface area contributed by atoms with E-state index in [9.17, 15) is 4.79 Å². The topological polar surface area (TPSA) is 70.1 Å². The van der Waals surface area contributed by atoms with Crippen LogP contribution in [0.3, 0.4) is 0 Å². The summed E-state index contributed by atoms with van der Waals surface area (Å²) >= 11 is 0. The van der Waals surface area contributed by atoms with Crippen molar-refractivity contribution in [2.45, 2.75) is 26.2 Å². The summed E-state index contributed by atoms with van der Waals surface area (Å²) in [5.41, 5.74) is 3.45. The van der Waals surface area contributed by atoms with Gasteiger partial charge in [0.15, 0.2) is 23.1 Å². The van der Waals surface area contributed by atoms with E-state index < -0.39 is 0 Å². The summed E-state index contributed by atoms with van der Waals surface area (Å²) in [5.74, 6) is 1.31. The third kappa shape index (κ3) is 4.39. The quantitative estimate of drug-likeness (QED) is 0.443. The van der Waals surface area contributed by atoms with Gasteiger partial charge in [-0.1, -0.05) is 17.7 Å². The van der Waals surface area contributed by atoms with Gasteiger partial charge in [0, 0.05) is 41.7 Å². The molecule has 37 heavy (non-hydrogen) atoms. The van der Waals surface area contributed by atoms with Gasteiger partial charge in [-0.05, 0) is 43.5 Å². The third-order valence-corrected chi connectivity index (χ3v) is 7.48. The average molecular weight is 505 g/mol. The Morgan fingerprint density at radius 3 is 2.78 bits per heavy atom. The molecule has 2 aromatic carbocycles. The highest BCUT2D eigenvalue weighted by Gasteiger charge is 2.45. The lowest BCUT2D eigenvalue weighted by Gasteiger charge is -2.37. The fraction of sp³-hybridized carbons (Fsp3) is 0.379. The Hall–Kier alpha value is -3.65. The predicted octanol–water partition coefficient (Wildman–Crippen LogP) is 5.15. The van der Waals surface area contributed by atoms with Crippen molar-refractivity contribution in [3.8, 4) is 23.0 Å². The smallest absolute Gasteiger partial charge is 0.226 e. The van der Waals surface area contributed by atoms with Crippen LogP contribution in [0.2, 0.25) is 0 Å². The van der Waals surface area contributed by atoms with Gasteiger partial charge >= 0.3 is 0 Å². The van der Waals surface area contributed by atoms with Gasteiger partial charge in [-0.2, -0.15) is 0 Å². The molecular weight excluding hydrogens is 475 g/mol. The van der Waals surface area contributed by atoms with Crippen LogP contribution in [-0.2, 0) is 16.0 Å². The zero-order valence-electron chi connectivity index (χ0n) is 21.0. The summed E-state index contributed by atoms with van der Waals surface area (Å²) in [4.78, 5) is 19.0. The Labute approximate surface area is 214 Å². The molecule has 0 unspecified atom stereocenters. The number of fused-ring (bicyclic) bond motifs is 2. The molecule has 192 valence electrons. The highest BCUT2D eigenvalue weighted by Crippen LogP contribution is 2.40. The number of ether oxygens (including phenoxy) is 4. The lowest BCUT2D eigenvalue weighted by molar-refractivity contribution is -0.135. The molecule has 1 spiro atoms. The van der Waals surface area contributed by atoms with E-state index in [0.717, 1.165) is 50.3 Å². The largest absolute Gasteiger partial charge is 0.493 e. The van der Waals surface area contributed by atoms with E-state index in [-0.39, 0.29) is 35.9 Å². The monoisotopic (exact) mass is 504 g/mol. The number of amides is 1. The summed E-state index contributed by atoms with van der Waals surface area (Å²) in [6.07, 6.45) is 5.51. The van der Waals surface area contributed by atoms with Crippen molar-refractivity contribution in [1.82, 2.24) is 9.88 Å². The SMILES string of the molecule is COc1cc2c(Oc3ccc4c(c3F)C=C(C)C4)ccnc2cc1OCCC(=O)N1CCC2(COC2)C1. The first-order valence-corrected chi connectivity index (χ1v) is 12.6. The molecule has 1 amide bonds. The van der Waals surface area contributed by atoms with Crippen molar-refractivity contribution in [2.75, 3.05) is 40.0 Å². The van der Waals surface area contributed by atoms with Gasteiger partial charge in [-0.3, -0.25) is 9.78 Å². The number of likely N-dealkylation sites (tertiary alicyclic amines) is 1. The Morgan fingerprint density at radius 1 is 1.16 bits per heavy atom. The number of benzene rings is 2. The number of carbonyl (C=O) groups excluding carboxylic acids is 1. The van der Waals surface area contributed by atoms with Gasteiger partial charge < -0.3 is 23.8 Å². The molecule has 1 aromatic heterocycles. The number of pyridine rings is 1. The maximum atomic E-state index is 15.2. The van der Waals surface area contributed by atoms with E-state index >= 15 is 4.39 Å². The van der Waals surface area contributed by atoms with Crippen LogP contribution in [0.15, 0.2) is 42.1 Å². The van der Waals surface area contributed by atoms with Crippen molar-refractivity contribution in [1.29, 1.82) is 0 Å². The zero-order chi connectivity index (χ0) is 25.6. The minimum Gasteiger partial charge on any atom is -0.493 e. The molecule has 2 fully saturated rings. The molecule has 3 aliphatic rings. The Morgan fingerprint density at radius 2 is 2.03 bits per heavy atom. The number of nitrogens with zero attached hydrogens (tertiary/aromatic N) is 2. The van der Waals surface area contributed by atoms with Crippen LogP contribution >= 0.6 is 0 Å². The van der Waals surface area contributed by atoms with Crippen LogP contribution in [0.5, 0.6) is 23.0 Å². The maximum absolute atomic E-state index is 15.2. The number of hydrogen-bond acceptors (Lipinski definition) is 6. The number of allylic oxidation sites excluding steroid dienone is 1. The second kappa shape index (κ2) is 9.34. The fourth-order valence-corrected chi connectivity index (χ4v) is 5.39. The van der Waals surface area contributed by atoms with E-state index in [2.05, 4.69) is 4.98 Å². The van der Waals surface area contributed by atoms with Gasteiger partial charge in [0.2, 0.25) is 5.91 Å². The van der Waals surface area contributed by atoms with E-state index in [0.29, 0.717) is 33.7 Å². The normalized spacial score (nSPS) is 17.5. The first kappa shape index (κ1) is 23.7. The van der Waals surface area contributed by atoms with E-state index in [1.807, 2.05) is 24.0 Å². The van der Waals surface area contributed by atoms with Crippen molar-refractivity contribution >= 4 is 22.9 Å². The van der Waals surface area contributed by atoms with Gasteiger partial charge in [-0.25, -0.2) is 4.39 Å². The van der Waals surface area contributed by atoms with Crippen LogP contribution in [0, 0.1) is 11.2 Å². The molecule has 0 atom stereocenters. The molecule has 3 heterocycles. The highest BCUT2D eigenvalue weighted by atomic mass is 19.1. The molecule has 2 aliphatic heterocycles. The average Bonchev–Trinajstić information content (AvgIpc) is 3.50. The van der Waals surface area contributed by atoms with E-state index in [1.54, 1.807) is 37.6 Å². The first-order chi connectivity index (χ1) is 17.9. The van der Waals surface area contributed by atoms with Crippen molar-refractivity contribution < 1.29 is 28.1 Å². The number of halogens is 1. The van der Waals surface area contributed by atoms with Crippen molar-refractivity contribution in [3.63, 3.8) is 0 Å². The Kier molecular flexibility index (Phi) is 5.99.